The van der Waals surface area contributed by atoms with E-state index < -0.39 is 0 Å². The summed E-state index contributed by atoms with van der Waals surface area (Å²) in [4.78, 5) is 14.8. The van der Waals surface area contributed by atoms with Gasteiger partial charge in [0.2, 0.25) is 0 Å². The highest BCUT2D eigenvalue weighted by Gasteiger charge is 2.18. The number of hydrogen-bond donors (Lipinski definition) is 0. The SMILES string of the molecule is O=Cc1cn2c(n1)COc1cc(Br)ccc1-2. The number of fused-ring (bicyclic) bond motifs is 3. The number of aromatic nitrogens is 2. The summed E-state index contributed by atoms with van der Waals surface area (Å²) in [7, 11) is 0. The van der Waals surface area contributed by atoms with Gasteiger partial charge in [-0.05, 0) is 18.2 Å². The number of benzene rings is 1. The van der Waals surface area contributed by atoms with Crippen molar-refractivity contribution >= 4 is 22.2 Å². The first kappa shape index (κ1) is 9.59. The number of carbonyl (C=O) groups excluding carboxylic acids is 1. The van der Waals surface area contributed by atoms with Gasteiger partial charge in [-0.2, -0.15) is 0 Å². The molecule has 0 atom stereocenters. The monoisotopic (exact) mass is 278 g/mol. The largest absolute Gasteiger partial charge is 0.483 e. The van der Waals surface area contributed by atoms with Gasteiger partial charge in [0, 0.05) is 10.7 Å². The molecule has 3 rings (SSSR count). The Morgan fingerprint density at radius 3 is 3.19 bits per heavy atom. The van der Waals surface area contributed by atoms with Crippen molar-refractivity contribution < 1.29 is 9.53 Å². The number of rotatable bonds is 1. The van der Waals surface area contributed by atoms with Gasteiger partial charge in [0.25, 0.3) is 0 Å². The average molecular weight is 279 g/mol. The highest BCUT2D eigenvalue weighted by Crippen LogP contribution is 2.32. The third-order valence-electron chi connectivity index (χ3n) is 2.46. The van der Waals surface area contributed by atoms with Crippen LogP contribution >= 0.6 is 15.9 Å². The van der Waals surface area contributed by atoms with Gasteiger partial charge in [-0.3, -0.25) is 9.36 Å². The molecule has 2 aromatic rings. The van der Waals surface area contributed by atoms with E-state index in [9.17, 15) is 4.79 Å². The van der Waals surface area contributed by atoms with Gasteiger partial charge in [-0.15, -0.1) is 0 Å². The van der Waals surface area contributed by atoms with Gasteiger partial charge in [-0.25, -0.2) is 4.98 Å². The highest BCUT2D eigenvalue weighted by atomic mass is 79.9. The Bertz CT molecular complexity index is 577. The number of hydrogen-bond acceptors (Lipinski definition) is 3. The van der Waals surface area contributed by atoms with Crippen molar-refractivity contribution in [2.45, 2.75) is 6.61 Å². The molecule has 0 fully saturated rings. The van der Waals surface area contributed by atoms with Gasteiger partial charge >= 0.3 is 0 Å². The molecule has 0 unspecified atom stereocenters. The summed E-state index contributed by atoms with van der Waals surface area (Å²) >= 11 is 3.39. The molecule has 0 amide bonds. The van der Waals surface area contributed by atoms with Gasteiger partial charge in [0.1, 0.15) is 18.1 Å². The van der Waals surface area contributed by atoms with Gasteiger partial charge in [0.15, 0.2) is 12.1 Å². The maximum Gasteiger partial charge on any atom is 0.170 e. The molecule has 0 radical (unpaired) electrons. The Labute approximate surface area is 100.0 Å². The predicted molar refractivity (Wildman–Crippen MR) is 61.0 cm³/mol. The smallest absolute Gasteiger partial charge is 0.170 e. The lowest BCUT2D eigenvalue weighted by molar-refractivity contribution is 0.111. The molecule has 0 spiro atoms. The minimum Gasteiger partial charge on any atom is -0.483 e. The Kier molecular flexibility index (Phi) is 2.07. The van der Waals surface area contributed by atoms with Crippen molar-refractivity contribution in [2.24, 2.45) is 0 Å². The summed E-state index contributed by atoms with van der Waals surface area (Å²) in [5.74, 6) is 1.54. The van der Waals surface area contributed by atoms with E-state index in [0.717, 1.165) is 28.0 Å². The van der Waals surface area contributed by atoms with Crippen LogP contribution in [-0.4, -0.2) is 15.8 Å². The van der Waals surface area contributed by atoms with Crippen molar-refractivity contribution in [2.75, 3.05) is 0 Å². The summed E-state index contributed by atoms with van der Waals surface area (Å²) in [6.07, 6.45) is 2.46. The van der Waals surface area contributed by atoms with Gasteiger partial charge in [-0.1, -0.05) is 15.9 Å². The second-order valence-electron chi connectivity index (χ2n) is 3.47. The lowest BCUT2D eigenvalue weighted by Crippen LogP contribution is -2.12. The van der Waals surface area contributed by atoms with Crippen LogP contribution in [0.3, 0.4) is 0 Å². The fraction of sp³-hybridized carbons (Fsp3) is 0.0909. The molecule has 4 nitrogen and oxygen atoms in total. The minimum absolute atomic E-state index is 0.386. The molecular weight excluding hydrogens is 272 g/mol. The Hall–Kier alpha value is -1.62. The third kappa shape index (κ3) is 1.36. The van der Waals surface area contributed by atoms with Gasteiger partial charge < -0.3 is 4.74 Å². The Balaban J connectivity index is 2.22. The van der Waals surface area contributed by atoms with E-state index in [1.54, 1.807) is 6.20 Å². The third-order valence-corrected chi connectivity index (χ3v) is 2.95. The van der Waals surface area contributed by atoms with Gasteiger partial charge in [0.05, 0.1) is 5.69 Å². The lowest BCUT2D eigenvalue weighted by Gasteiger charge is -2.19. The molecule has 80 valence electrons. The molecule has 0 bridgehead atoms. The van der Waals surface area contributed by atoms with Crippen LogP contribution in [0, 0.1) is 0 Å². The summed E-state index contributed by atoms with van der Waals surface area (Å²) in [6.45, 7) is 0.386. The number of nitrogens with zero attached hydrogens (tertiary/aromatic N) is 2. The van der Waals surface area contributed by atoms with E-state index in [1.165, 1.54) is 0 Å². The number of imidazole rings is 1. The highest BCUT2D eigenvalue weighted by molar-refractivity contribution is 9.10. The van der Waals surface area contributed by atoms with E-state index in [4.69, 9.17) is 4.74 Å². The maximum atomic E-state index is 10.7. The minimum atomic E-state index is 0.386. The fourth-order valence-corrected chi connectivity index (χ4v) is 2.09. The molecule has 2 heterocycles. The van der Waals surface area contributed by atoms with E-state index in [-0.39, 0.29) is 0 Å². The topological polar surface area (TPSA) is 44.1 Å². The van der Waals surface area contributed by atoms with Crippen LogP contribution in [0.4, 0.5) is 0 Å². The molecule has 5 heteroatoms. The molecular formula is C11H7BrN2O2. The molecule has 1 aromatic heterocycles. The quantitative estimate of drug-likeness (QED) is 0.752. The first-order valence-electron chi connectivity index (χ1n) is 4.74. The van der Waals surface area contributed by atoms with Crippen LogP contribution in [-0.2, 0) is 6.61 Å². The second kappa shape index (κ2) is 3.45. The average Bonchev–Trinajstić information content (AvgIpc) is 2.71. The lowest BCUT2D eigenvalue weighted by atomic mass is 10.2. The Morgan fingerprint density at radius 1 is 1.50 bits per heavy atom. The fourth-order valence-electron chi connectivity index (χ4n) is 1.75. The van der Waals surface area contributed by atoms with Crippen LogP contribution in [0.5, 0.6) is 5.75 Å². The molecule has 0 saturated carbocycles. The standard InChI is InChI=1S/C11H7BrN2O2/c12-7-1-2-9-10(3-7)16-6-11-13-8(5-15)4-14(9)11/h1-5H,6H2. The molecule has 0 N–H and O–H groups in total. The number of halogens is 1. The van der Waals surface area contributed by atoms with E-state index in [1.807, 2.05) is 22.8 Å². The molecule has 0 aliphatic carbocycles. The number of ether oxygens (including phenoxy) is 1. The van der Waals surface area contributed by atoms with Crippen molar-refractivity contribution in [3.05, 3.63) is 40.4 Å². The zero-order valence-corrected chi connectivity index (χ0v) is 9.77. The van der Waals surface area contributed by atoms with Crippen molar-refractivity contribution in [1.29, 1.82) is 0 Å². The van der Waals surface area contributed by atoms with Crippen molar-refractivity contribution in [1.82, 2.24) is 9.55 Å². The zero-order valence-electron chi connectivity index (χ0n) is 8.18. The Morgan fingerprint density at radius 2 is 2.38 bits per heavy atom. The van der Waals surface area contributed by atoms with Crippen molar-refractivity contribution in [3.8, 4) is 11.4 Å². The molecule has 1 aromatic carbocycles. The first-order valence-corrected chi connectivity index (χ1v) is 5.53. The van der Waals surface area contributed by atoms with E-state index in [2.05, 4.69) is 20.9 Å². The van der Waals surface area contributed by atoms with E-state index in [0.29, 0.717) is 12.3 Å². The number of aldehydes is 1. The predicted octanol–water partition coefficient (Wildman–Crippen LogP) is 2.34. The summed E-state index contributed by atoms with van der Waals surface area (Å²) in [5.41, 5.74) is 1.33. The molecule has 0 saturated heterocycles. The van der Waals surface area contributed by atoms with Crippen molar-refractivity contribution in [3.63, 3.8) is 0 Å². The molecule has 16 heavy (non-hydrogen) atoms. The summed E-state index contributed by atoms with van der Waals surface area (Å²) in [6, 6.07) is 5.76. The summed E-state index contributed by atoms with van der Waals surface area (Å²) in [5, 5.41) is 0. The van der Waals surface area contributed by atoms with Crippen LogP contribution in [0.2, 0.25) is 0 Å². The zero-order chi connectivity index (χ0) is 11.1. The number of carbonyl (C=O) groups is 1. The normalized spacial score (nSPS) is 12.6. The van der Waals surface area contributed by atoms with Crippen LogP contribution in [0.15, 0.2) is 28.9 Å². The molecule has 1 aliphatic rings. The van der Waals surface area contributed by atoms with Crippen LogP contribution in [0.1, 0.15) is 16.3 Å². The van der Waals surface area contributed by atoms with E-state index >= 15 is 0 Å². The first-order chi connectivity index (χ1) is 7.78. The second-order valence-corrected chi connectivity index (χ2v) is 4.39. The summed E-state index contributed by atoms with van der Waals surface area (Å²) < 4.78 is 8.41. The van der Waals surface area contributed by atoms with Crippen LogP contribution in [0.25, 0.3) is 5.69 Å². The van der Waals surface area contributed by atoms with Crippen LogP contribution < -0.4 is 4.74 Å². The molecule has 1 aliphatic heterocycles. The maximum absolute atomic E-state index is 10.7.